The number of carbonyl (C=O) groups is 3. The van der Waals surface area contributed by atoms with E-state index in [0.29, 0.717) is 27.8 Å². The predicted octanol–water partition coefficient (Wildman–Crippen LogP) is 3.76. The normalized spacial score (nSPS) is 15.1. The number of benzene rings is 2. The fourth-order valence-electron chi connectivity index (χ4n) is 2.83. The smallest absolute Gasteiger partial charge is 0.335 e. The summed E-state index contributed by atoms with van der Waals surface area (Å²) in [6, 6.07) is 16.0. The number of halogens is 1. The van der Waals surface area contributed by atoms with Gasteiger partial charge in [-0.05, 0) is 54.6 Å². The van der Waals surface area contributed by atoms with Gasteiger partial charge in [-0.25, -0.2) is 9.80 Å². The number of nitrogens with zero attached hydrogens (tertiary/aromatic N) is 1. The lowest BCUT2D eigenvalue weighted by atomic mass is 10.1. The lowest BCUT2D eigenvalue weighted by molar-refractivity contribution is -0.117. The van der Waals surface area contributed by atoms with Crippen LogP contribution in [-0.2, 0) is 9.59 Å². The van der Waals surface area contributed by atoms with Crippen molar-refractivity contribution in [2.75, 3.05) is 5.01 Å². The maximum Gasteiger partial charge on any atom is 0.335 e. The van der Waals surface area contributed by atoms with E-state index in [1.807, 2.05) is 0 Å². The molecule has 7 nitrogen and oxygen atoms in total. The lowest BCUT2D eigenvalue weighted by Gasteiger charge is -2.14. The fourth-order valence-corrected chi connectivity index (χ4v) is 2.96. The fraction of sp³-hybridized carbons (Fsp3) is 0. The highest BCUT2D eigenvalue weighted by atomic mass is 35.5. The molecular formula is C21H13ClN2O5. The third-order valence-electron chi connectivity index (χ3n) is 4.31. The van der Waals surface area contributed by atoms with Gasteiger partial charge in [-0.15, -0.1) is 0 Å². The number of rotatable bonds is 4. The second-order valence-electron chi connectivity index (χ2n) is 6.20. The number of nitrogens with one attached hydrogen (secondary N) is 1. The zero-order valence-corrected chi connectivity index (χ0v) is 15.5. The average molecular weight is 409 g/mol. The van der Waals surface area contributed by atoms with Crippen molar-refractivity contribution in [3.8, 4) is 11.3 Å². The maximum atomic E-state index is 12.6. The van der Waals surface area contributed by atoms with Crippen molar-refractivity contribution in [2.24, 2.45) is 0 Å². The first kappa shape index (κ1) is 18.5. The second kappa shape index (κ2) is 7.29. The number of anilines is 1. The highest BCUT2D eigenvalue weighted by Crippen LogP contribution is 2.26. The third kappa shape index (κ3) is 3.63. The van der Waals surface area contributed by atoms with Crippen molar-refractivity contribution in [3.63, 3.8) is 0 Å². The predicted molar refractivity (Wildman–Crippen MR) is 106 cm³/mol. The molecule has 2 aromatic carbocycles. The molecule has 0 saturated carbocycles. The first-order valence-electron chi connectivity index (χ1n) is 8.48. The van der Waals surface area contributed by atoms with Crippen molar-refractivity contribution in [2.45, 2.75) is 0 Å². The van der Waals surface area contributed by atoms with Crippen LogP contribution in [0.1, 0.15) is 16.1 Å². The summed E-state index contributed by atoms with van der Waals surface area (Å²) in [7, 11) is 0. The quantitative estimate of drug-likeness (QED) is 0.505. The molecule has 0 radical (unpaired) electrons. The SMILES string of the molecule is O=C1NN(c2ccc(Cl)cc2)C(=O)C1=Cc1ccc(-c2ccc(C(=O)O)cc2)o1. The molecule has 2 amide bonds. The van der Waals surface area contributed by atoms with Gasteiger partial charge in [-0.2, -0.15) is 0 Å². The number of furan rings is 1. The van der Waals surface area contributed by atoms with Gasteiger partial charge in [-0.3, -0.25) is 15.0 Å². The molecule has 2 heterocycles. The largest absolute Gasteiger partial charge is 0.478 e. The van der Waals surface area contributed by atoms with E-state index < -0.39 is 17.8 Å². The summed E-state index contributed by atoms with van der Waals surface area (Å²) in [4.78, 5) is 35.8. The topological polar surface area (TPSA) is 99.9 Å². The molecule has 4 rings (SSSR count). The number of hydrazine groups is 1. The molecule has 0 atom stereocenters. The van der Waals surface area contributed by atoms with E-state index in [1.165, 1.54) is 18.2 Å². The first-order chi connectivity index (χ1) is 13.9. The Bertz CT molecular complexity index is 1150. The lowest BCUT2D eigenvalue weighted by Crippen LogP contribution is -2.35. The minimum absolute atomic E-state index is 0.0675. The van der Waals surface area contributed by atoms with Crippen LogP contribution < -0.4 is 10.4 Å². The number of hydrogen-bond acceptors (Lipinski definition) is 4. The second-order valence-corrected chi connectivity index (χ2v) is 6.64. The van der Waals surface area contributed by atoms with Gasteiger partial charge in [-0.1, -0.05) is 23.7 Å². The number of aromatic carboxylic acids is 1. The molecule has 1 aliphatic rings. The zero-order valence-electron chi connectivity index (χ0n) is 14.8. The zero-order chi connectivity index (χ0) is 20.5. The summed E-state index contributed by atoms with van der Waals surface area (Å²) < 4.78 is 5.69. The molecule has 2 N–H and O–H groups in total. The first-order valence-corrected chi connectivity index (χ1v) is 8.86. The van der Waals surface area contributed by atoms with Gasteiger partial charge in [0, 0.05) is 10.6 Å². The number of carboxylic acids is 1. The summed E-state index contributed by atoms with van der Waals surface area (Å²) in [6.07, 6.45) is 1.36. The van der Waals surface area contributed by atoms with Crippen LogP contribution in [-0.4, -0.2) is 22.9 Å². The molecule has 8 heteroatoms. The Hall–Kier alpha value is -3.84. The number of carboxylic acid groups (broad SMARTS) is 1. The maximum absolute atomic E-state index is 12.6. The Morgan fingerprint density at radius 2 is 1.69 bits per heavy atom. The molecule has 144 valence electrons. The molecule has 1 saturated heterocycles. The van der Waals surface area contributed by atoms with E-state index in [0.717, 1.165) is 5.01 Å². The molecule has 29 heavy (non-hydrogen) atoms. The van der Waals surface area contributed by atoms with Crippen molar-refractivity contribution >= 4 is 41.1 Å². The van der Waals surface area contributed by atoms with Gasteiger partial charge in [0.1, 0.15) is 17.1 Å². The summed E-state index contributed by atoms with van der Waals surface area (Å²) in [5, 5.41) is 10.6. The highest BCUT2D eigenvalue weighted by molar-refractivity contribution is 6.32. The van der Waals surface area contributed by atoms with Crippen LogP contribution in [0.15, 0.2) is 70.7 Å². The summed E-state index contributed by atoms with van der Waals surface area (Å²) >= 11 is 5.85. The minimum Gasteiger partial charge on any atom is -0.478 e. The highest BCUT2D eigenvalue weighted by Gasteiger charge is 2.34. The number of carbonyl (C=O) groups excluding carboxylic acids is 2. The van der Waals surface area contributed by atoms with Gasteiger partial charge in [0.25, 0.3) is 11.8 Å². The average Bonchev–Trinajstić information content (AvgIpc) is 3.29. The van der Waals surface area contributed by atoms with Crippen LogP contribution in [0, 0.1) is 0 Å². The third-order valence-corrected chi connectivity index (χ3v) is 4.56. The molecule has 3 aromatic rings. The molecule has 0 bridgehead atoms. The minimum atomic E-state index is -1.02. The Morgan fingerprint density at radius 3 is 2.34 bits per heavy atom. The van der Waals surface area contributed by atoms with Crippen LogP contribution in [0.4, 0.5) is 5.69 Å². The standard InChI is InChI=1S/C21H13ClN2O5/c22-14-5-7-15(8-6-14)24-20(26)17(19(25)23-24)11-16-9-10-18(29-16)12-1-3-13(4-2-12)21(27)28/h1-11H,(H,23,25)(H,27,28). The van der Waals surface area contributed by atoms with Crippen LogP contribution in [0.25, 0.3) is 17.4 Å². The Labute approximate surface area is 169 Å². The molecule has 1 fully saturated rings. The van der Waals surface area contributed by atoms with Gasteiger partial charge in [0.05, 0.1) is 11.3 Å². The molecule has 1 aliphatic heterocycles. The van der Waals surface area contributed by atoms with Crippen molar-refractivity contribution < 1.29 is 23.9 Å². The van der Waals surface area contributed by atoms with Crippen LogP contribution in [0.2, 0.25) is 5.02 Å². The summed E-state index contributed by atoms with van der Waals surface area (Å²) in [5.74, 6) is -1.28. The Balaban J connectivity index is 1.58. The Kier molecular flexibility index (Phi) is 4.66. The van der Waals surface area contributed by atoms with Crippen molar-refractivity contribution in [1.29, 1.82) is 0 Å². The van der Waals surface area contributed by atoms with E-state index in [-0.39, 0.29) is 11.1 Å². The van der Waals surface area contributed by atoms with E-state index in [2.05, 4.69) is 5.43 Å². The van der Waals surface area contributed by atoms with Crippen LogP contribution >= 0.6 is 11.6 Å². The van der Waals surface area contributed by atoms with E-state index in [1.54, 1.807) is 48.5 Å². The molecule has 0 spiro atoms. The van der Waals surface area contributed by atoms with Crippen molar-refractivity contribution in [1.82, 2.24) is 5.43 Å². The van der Waals surface area contributed by atoms with E-state index >= 15 is 0 Å². The molecule has 0 aliphatic carbocycles. The monoisotopic (exact) mass is 408 g/mol. The van der Waals surface area contributed by atoms with Gasteiger partial charge >= 0.3 is 5.97 Å². The van der Waals surface area contributed by atoms with Gasteiger partial charge < -0.3 is 9.52 Å². The summed E-state index contributed by atoms with van der Waals surface area (Å²) in [5.41, 5.74) is 3.75. The van der Waals surface area contributed by atoms with Crippen LogP contribution in [0.5, 0.6) is 0 Å². The Morgan fingerprint density at radius 1 is 1.00 bits per heavy atom. The van der Waals surface area contributed by atoms with Crippen molar-refractivity contribution in [3.05, 3.63) is 82.6 Å². The van der Waals surface area contributed by atoms with Gasteiger partial charge in [0.15, 0.2) is 0 Å². The van der Waals surface area contributed by atoms with E-state index in [4.69, 9.17) is 21.1 Å². The number of amides is 2. The molecule has 0 unspecified atom stereocenters. The summed E-state index contributed by atoms with van der Waals surface area (Å²) in [6.45, 7) is 0. The molecular weight excluding hydrogens is 396 g/mol. The van der Waals surface area contributed by atoms with Gasteiger partial charge in [0.2, 0.25) is 0 Å². The number of hydrogen-bond donors (Lipinski definition) is 2. The van der Waals surface area contributed by atoms with Crippen LogP contribution in [0.3, 0.4) is 0 Å². The molecule has 1 aromatic heterocycles. The van der Waals surface area contributed by atoms with E-state index in [9.17, 15) is 14.4 Å².